The highest BCUT2D eigenvalue weighted by molar-refractivity contribution is 7.12. The number of thiophene rings is 1. The average Bonchev–Trinajstić information content (AvgIpc) is 3.39. The Balaban J connectivity index is 1.91. The van der Waals surface area contributed by atoms with Crippen molar-refractivity contribution in [1.82, 2.24) is 4.90 Å². The van der Waals surface area contributed by atoms with E-state index >= 15 is 0 Å². The summed E-state index contributed by atoms with van der Waals surface area (Å²) in [6, 6.07) is 9.85. The second kappa shape index (κ2) is 8.99. The summed E-state index contributed by atoms with van der Waals surface area (Å²) < 4.78 is 0. The van der Waals surface area contributed by atoms with Gasteiger partial charge in [-0.05, 0) is 60.9 Å². The van der Waals surface area contributed by atoms with Gasteiger partial charge in [-0.25, -0.2) is 0 Å². The van der Waals surface area contributed by atoms with Crippen LogP contribution in [0.15, 0.2) is 35.7 Å². The monoisotopic (exact) mass is 413 g/mol. The van der Waals surface area contributed by atoms with E-state index in [2.05, 4.69) is 31.0 Å². The molecule has 6 heteroatoms. The molecule has 1 heterocycles. The standard InChI is InChI=1S/C23H31N3O2S/c1-15(2)16(3)26(23(28)21-7-6-12-29-21)14-18-13-19(10-11-20(18)25(4)5)24-22(27)17-8-9-17/h6-7,10-13,15-17H,8-9,14H2,1-5H3,(H,24,27)/t16-/m1/s1. The van der Waals surface area contributed by atoms with Gasteiger partial charge in [-0.1, -0.05) is 19.9 Å². The van der Waals surface area contributed by atoms with E-state index in [-0.39, 0.29) is 23.8 Å². The molecule has 3 rings (SSSR count). The van der Waals surface area contributed by atoms with Crippen LogP contribution in [0.2, 0.25) is 0 Å². The lowest BCUT2D eigenvalue weighted by molar-refractivity contribution is -0.117. The van der Waals surface area contributed by atoms with Crippen molar-refractivity contribution in [2.45, 2.75) is 46.2 Å². The third-order valence-electron chi connectivity index (χ3n) is 5.57. The van der Waals surface area contributed by atoms with Crippen molar-refractivity contribution in [3.63, 3.8) is 0 Å². The van der Waals surface area contributed by atoms with Crippen LogP contribution in [-0.4, -0.2) is 36.9 Å². The van der Waals surface area contributed by atoms with Crippen molar-refractivity contribution >= 4 is 34.5 Å². The van der Waals surface area contributed by atoms with Crippen molar-refractivity contribution in [2.24, 2.45) is 11.8 Å². The largest absolute Gasteiger partial charge is 0.377 e. The van der Waals surface area contributed by atoms with Crippen molar-refractivity contribution in [2.75, 3.05) is 24.3 Å². The Bertz CT molecular complexity index is 857. The van der Waals surface area contributed by atoms with Gasteiger partial charge in [-0.3, -0.25) is 9.59 Å². The summed E-state index contributed by atoms with van der Waals surface area (Å²) in [6.07, 6.45) is 1.95. The second-order valence-electron chi connectivity index (χ2n) is 8.40. The number of carbonyl (C=O) groups excluding carboxylic acids is 2. The number of carbonyl (C=O) groups is 2. The number of nitrogens with zero attached hydrogens (tertiary/aromatic N) is 2. The number of rotatable bonds is 8. The Hall–Kier alpha value is -2.34. The summed E-state index contributed by atoms with van der Waals surface area (Å²) >= 11 is 1.47. The topological polar surface area (TPSA) is 52.7 Å². The van der Waals surface area contributed by atoms with Crippen LogP contribution in [-0.2, 0) is 11.3 Å². The molecule has 0 aliphatic heterocycles. The molecular weight excluding hydrogens is 382 g/mol. The summed E-state index contributed by atoms with van der Waals surface area (Å²) in [5, 5.41) is 4.97. The van der Waals surface area contributed by atoms with Crippen LogP contribution in [0.25, 0.3) is 0 Å². The normalized spacial score (nSPS) is 14.6. The zero-order valence-corrected chi connectivity index (χ0v) is 18.8. The van der Waals surface area contributed by atoms with Crippen molar-refractivity contribution < 1.29 is 9.59 Å². The van der Waals surface area contributed by atoms with Gasteiger partial charge in [-0.15, -0.1) is 11.3 Å². The minimum atomic E-state index is 0.0540. The lowest BCUT2D eigenvalue weighted by Gasteiger charge is -2.33. The van der Waals surface area contributed by atoms with E-state index in [0.717, 1.165) is 34.7 Å². The first-order valence-corrected chi connectivity index (χ1v) is 11.1. The second-order valence-corrected chi connectivity index (χ2v) is 9.34. The molecule has 0 spiro atoms. The van der Waals surface area contributed by atoms with Crippen molar-refractivity contribution in [3.8, 4) is 0 Å². The lowest BCUT2D eigenvalue weighted by atomic mass is 10.0. The van der Waals surface area contributed by atoms with Gasteiger partial charge >= 0.3 is 0 Å². The molecule has 1 N–H and O–H groups in total. The van der Waals surface area contributed by atoms with Gasteiger partial charge in [0.05, 0.1) is 4.88 Å². The molecule has 1 aliphatic rings. The Kier molecular flexibility index (Phi) is 6.63. The molecule has 0 radical (unpaired) electrons. The van der Waals surface area contributed by atoms with Crippen molar-refractivity contribution in [3.05, 3.63) is 46.2 Å². The smallest absolute Gasteiger partial charge is 0.264 e. The molecule has 156 valence electrons. The summed E-state index contributed by atoms with van der Waals surface area (Å²) in [5.41, 5.74) is 2.87. The van der Waals surface area contributed by atoms with Crippen LogP contribution < -0.4 is 10.2 Å². The molecule has 2 aromatic rings. The van der Waals surface area contributed by atoms with E-state index in [1.165, 1.54) is 11.3 Å². The van der Waals surface area contributed by atoms with E-state index in [0.29, 0.717) is 12.5 Å². The number of anilines is 2. The minimum Gasteiger partial charge on any atom is -0.377 e. The fourth-order valence-electron chi connectivity index (χ4n) is 3.30. The fourth-order valence-corrected chi connectivity index (χ4v) is 3.98. The van der Waals surface area contributed by atoms with E-state index < -0.39 is 0 Å². The Morgan fingerprint density at radius 2 is 1.90 bits per heavy atom. The summed E-state index contributed by atoms with van der Waals surface area (Å²) in [7, 11) is 4.00. The number of benzene rings is 1. The Morgan fingerprint density at radius 1 is 1.17 bits per heavy atom. The number of amides is 2. The molecular formula is C23H31N3O2S. The molecule has 1 aliphatic carbocycles. The van der Waals surface area contributed by atoms with E-state index in [9.17, 15) is 9.59 Å². The first kappa shape index (κ1) is 21.4. The van der Waals surface area contributed by atoms with E-state index in [1.807, 2.05) is 54.7 Å². The van der Waals surface area contributed by atoms with Crippen molar-refractivity contribution in [1.29, 1.82) is 0 Å². The maximum Gasteiger partial charge on any atom is 0.264 e. The predicted molar refractivity (Wildman–Crippen MR) is 121 cm³/mol. The molecule has 1 atom stereocenters. The molecule has 5 nitrogen and oxygen atoms in total. The predicted octanol–water partition coefficient (Wildman–Crippen LogP) is 4.85. The van der Waals surface area contributed by atoms with Crippen LogP contribution in [0.4, 0.5) is 11.4 Å². The van der Waals surface area contributed by atoms with E-state index in [4.69, 9.17) is 0 Å². The Morgan fingerprint density at radius 3 is 2.45 bits per heavy atom. The van der Waals surface area contributed by atoms with Gasteiger partial charge in [0.2, 0.25) is 5.91 Å². The third kappa shape index (κ3) is 5.18. The SMILES string of the molecule is CC(C)[C@@H](C)N(Cc1cc(NC(=O)C2CC2)ccc1N(C)C)C(=O)c1cccs1. The number of hydrogen-bond donors (Lipinski definition) is 1. The molecule has 1 aromatic heterocycles. The molecule has 0 unspecified atom stereocenters. The fraction of sp³-hybridized carbons (Fsp3) is 0.478. The zero-order valence-electron chi connectivity index (χ0n) is 17.9. The van der Waals surface area contributed by atoms with Crippen LogP contribution in [0.3, 0.4) is 0 Å². The first-order valence-electron chi connectivity index (χ1n) is 10.2. The molecule has 2 amide bonds. The highest BCUT2D eigenvalue weighted by Gasteiger charge is 2.30. The van der Waals surface area contributed by atoms with E-state index in [1.54, 1.807) is 0 Å². The zero-order chi connectivity index (χ0) is 21.1. The summed E-state index contributed by atoms with van der Waals surface area (Å²) in [4.78, 5) is 30.2. The maximum atomic E-state index is 13.3. The highest BCUT2D eigenvalue weighted by atomic mass is 32.1. The van der Waals surface area contributed by atoms with Gasteiger partial charge in [0.1, 0.15) is 0 Å². The summed E-state index contributed by atoms with van der Waals surface area (Å²) in [6.45, 7) is 6.87. The number of hydrogen-bond acceptors (Lipinski definition) is 4. The molecule has 0 bridgehead atoms. The Labute approximate surface area is 177 Å². The lowest BCUT2D eigenvalue weighted by Crippen LogP contribution is -2.41. The van der Waals surface area contributed by atoms with Crippen LogP contribution in [0.5, 0.6) is 0 Å². The van der Waals surface area contributed by atoms with Gasteiger partial charge in [-0.2, -0.15) is 0 Å². The van der Waals surface area contributed by atoms with Crippen LogP contribution in [0, 0.1) is 11.8 Å². The molecule has 29 heavy (non-hydrogen) atoms. The molecule has 1 saturated carbocycles. The van der Waals surface area contributed by atoms with Gasteiger partial charge in [0.25, 0.3) is 5.91 Å². The maximum absolute atomic E-state index is 13.3. The van der Waals surface area contributed by atoms with Crippen LogP contribution >= 0.6 is 11.3 Å². The molecule has 1 fully saturated rings. The quantitative estimate of drug-likeness (QED) is 0.673. The van der Waals surface area contributed by atoms with Gasteiger partial charge < -0.3 is 15.1 Å². The average molecular weight is 414 g/mol. The number of nitrogens with one attached hydrogen (secondary N) is 1. The van der Waals surface area contributed by atoms with Crippen LogP contribution in [0.1, 0.15) is 48.8 Å². The third-order valence-corrected chi connectivity index (χ3v) is 6.42. The summed E-state index contributed by atoms with van der Waals surface area (Å²) in [5.74, 6) is 0.637. The molecule has 1 aromatic carbocycles. The highest BCUT2D eigenvalue weighted by Crippen LogP contribution is 2.32. The first-order chi connectivity index (χ1) is 13.8. The van der Waals surface area contributed by atoms with Gasteiger partial charge in [0, 0.05) is 44.0 Å². The van der Waals surface area contributed by atoms with Gasteiger partial charge in [0.15, 0.2) is 0 Å². The molecule has 0 saturated heterocycles. The minimum absolute atomic E-state index is 0.0540.